The fourth-order valence-electron chi connectivity index (χ4n) is 2.00. The second-order valence-electron chi connectivity index (χ2n) is 4.78. The Morgan fingerprint density at radius 3 is 2.68 bits per heavy atom. The van der Waals surface area contributed by atoms with Gasteiger partial charge in [0.1, 0.15) is 12.4 Å². The van der Waals surface area contributed by atoms with Crippen LogP contribution in [0.3, 0.4) is 0 Å². The number of amides is 1. The van der Waals surface area contributed by atoms with Crippen molar-refractivity contribution in [2.75, 3.05) is 26.4 Å². The van der Waals surface area contributed by atoms with Gasteiger partial charge < -0.3 is 14.8 Å². The molecule has 0 saturated heterocycles. The van der Waals surface area contributed by atoms with E-state index in [1.807, 2.05) is 30.3 Å². The fourth-order valence-corrected chi connectivity index (χ4v) is 2.00. The molecule has 0 aliphatic carbocycles. The van der Waals surface area contributed by atoms with Crippen LogP contribution < -0.4 is 10.1 Å². The Hall–Kier alpha value is -2.58. The highest BCUT2D eigenvalue weighted by Crippen LogP contribution is 2.21. The minimum absolute atomic E-state index is 0.0597. The monoisotopic (exact) mass is 298 g/mol. The molecule has 5 heteroatoms. The molecule has 22 heavy (non-hydrogen) atoms. The van der Waals surface area contributed by atoms with E-state index in [0.717, 1.165) is 16.5 Å². The first-order valence-electron chi connectivity index (χ1n) is 7.08. The van der Waals surface area contributed by atoms with Crippen molar-refractivity contribution in [2.45, 2.75) is 6.92 Å². The van der Waals surface area contributed by atoms with Crippen molar-refractivity contribution in [2.24, 2.45) is 0 Å². The highest BCUT2D eigenvalue weighted by atomic mass is 16.5. The van der Waals surface area contributed by atoms with Crippen LogP contribution in [-0.4, -0.2) is 32.3 Å². The highest BCUT2D eigenvalue weighted by molar-refractivity contribution is 5.85. The van der Waals surface area contributed by atoms with Gasteiger partial charge >= 0.3 is 0 Å². The van der Waals surface area contributed by atoms with Crippen molar-refractivity contribution in [3.05, 3.63) is 42.0 Å². The lowest BCUT2D eigenvalue weighted by Gasteiger charge is -2.08. The molecule has 0 bridgehead atoms. The Balaban J connectivity index is 1.78. The zero-order valence-corrected chi connectivity index (χ0v) is 12.5. The Morgan fingerprint density at radius 2 is 1.91 bits per heavy atom. The summed E-state index contributed by atoms with van der Waals surface area (Å²) in [4.78, 5) is 10.7. The Bertz CT molecular complexity index is 692. The van der Waals surface area contributed by atoms with Crippen LogP contribution in [-0.2, 0) is 9.53 Å². The molecule has 2 rings (SSSR count). The SMILES string of the molecule is CC(=O)NCCOCCOc1ccc2cc(C#N)ccc2c1. The van der Waals surface area contributed by atoms with Gasteiger partial charge in [-0.2, -0.15) is 5.26 Å². The van der Waals surface area contributed by atoms with Gasteiger partial charge in [-0.05, 0) is 35.0 Å². The predicted octanol–water partition coefficient (Wildman–Crippen LogP) is 2.24. The van der Waals surface area contributed by atoms with E-state index in [9.17, 15) is 4.79 Å². The number of carbonyl (C=O) groups excluding carboxylic acids is 1. The van der Waals surface area contributed by atoms with Gasteiger partial charge in [-0.3, -0.25) is 4.79 Å². The molecule has 0 fully saturated rings. The molecular formula is C17H18N2O3. The molecule has 2 aromatic carbocycles. The number of ether oxygens (including phenoxy) is 2. The number of nitrogens with one attached hydrogen (secondary N) is 1. The average molecular weight is 298 g/mol. The van der Waals surface area contributed by atoms with E-state index >= 15 is 0 Å². The molecule has 0 unspecified atom stereocenters. The van der Waals surface area contributed by atoms with Gasteiger partial charge in [0, 0.05) is 13.5 Å². The molecule has 0 aliphatic heterocycles. The van der Waals surface area contributed by atoms with E-state index in [4.69, 9.17) is 14.7 Å². The van der Waals surface area contributed by atoms with Crippen LogP contribution in [0.5, 0.6) is 5.75 Å². The zero-order chi connectivity index (χ0) is 15.8. The molecule has 0 heterocycles. The number of carbonyl (C=O) groups is 1. The second kappa shape index (κ2) is 8.01. The van der Waals surface area contributed by atoms with Gasteiger partial charge in [0.05, 0.1) is 24.8 Å². The predicted molar refractivity (Wildman–Crippen MR) is 83.7 cm³/mol. The second-order valence-corrected chi connectivity index (χ2v) is 4.78. The molecule has 1 amide bonds. The number of hydrogen-bond donors (Lipinski definition) is 1. The topological polar surface area (TPSA) is 71.3 Å². The first kappa shape index (κ1) is 15.8. The van der Waals surface area contributed by atoms with E-state index < -0.39 is 0 Å². The van der Waals surface area contributed by atoms with Crippen LogP contribution in [0.25, 0.3) is 10.8 Å². The third kappa shape index (κ3) is 4.76. The summed E-state index contributed by atoms with van der Waals surface area (Å²) in [5, 5.41) is 13.6. The first-order chi connectivity index (χ1) is 10.7. The van der Waals surface area contributed by atoms with Gasteiger partial charge in [0.2, 0.25) is 5.91 Å². The van der Waals surface area contributed by atoms with Crippen LogP contribution in [0.1, 0.15) is 12.5 Å². The molecule has 0 atom stereocenters. The number of hydrogen-bond acceptors (Lipinski definition) is 4. The smallest absolute Gasteiger partial charge is 0.216 e. The van der Waals surface area contributed by atoms with Gasteiger partial charge in [-0.1, -0.05) is 12.1 Å². The summed E-state index contributed by atoms with van der Waals surface area (Å²) in [6.07, 6.45) is 0. The number of nitriles is 1. The van der Waals surface area contributed by atoms with Crippen LogP contribution in [0.4, 0.5) is 0 Å². The molecule has 0 radical (unpaired) electrons. The molecular weight excluding hydrogens is 280 g/mol. The lowest BCUT2D eigenvalue weighted by atomic mass is 10.1. The minimum atomic E-state index is -0.0597. The molecule has 5 nitrogen and oxygen atoms in total. The van der Waals surface area contributed by atoms with E-state index in [2.05, 4.69) is 11.4 Å². The summed E-state index contributed by atoms with van der Waals surface area (Å²) in [6, 6.07) is 13.4. The maximum Gasteiger partial charge on any atom is 0.216 e. The first-order valence-corrected chi connectivity index (χ1v) is 7.08. The number of benzene rings is 2. The number of nitrogens with zero attached hydrogens (tertiary/aromatic N) is 1. The van der Waals surface area contributed by atoms with Gasteiger partial charge in [-0.15, -0.1) is 0 Å². The van der Waals surface area contributed by atoms with Crippen LogP contribution in [0.15, 0.2) is 36.4 Å². The maximum absolute atomic E-state index is 10.7. The maximum atomic E-state index is 10.7. The van der Waals surface area contributed by atoms with E-state index in [0.29, 0.717) is 31.9 Å². The zero-order valence-electron chi connectivity index (χ0n) is 12.5. The van der Waals surface area contributed by atoms with Crippen molar-refractivity contribution in [1.29, 1.82) is 5.26 Å². The van der Waals surface area contributed by atoms with E-state index in [1.165, 1.54) is 6.92 Å². The fraction of sp³-hybridized carbons (Fsp3) is 0.294. The summed E-state index contributed by atoms with van der Waals surface area (Å²) in [6.45, 7) is 3.36. The third-order valence-corrected chi connectivity index (χ3v) is 3.06. The van der Waals surface area contributed by atoms with Crippen LogP contribution >= 0.6 is 0 Å². The van der Waals surface area contributed by atoms with Gasteiger partial charge in [0.15, 0.2) is 0 Å². The van der Waals surface area contributed by atoms with Crippen LogP contribution in [0.2, 0.25) is 0 Å². The molecule has 114 valence electrons. The Kier molecular flexibility index (Phi) is 5.75. The van der Waals surface area contributed by atoms with E-state index in [-0.39, 0.29) is 5.91 Å². The minimum Gasteiger partial charge on any atom is -0.491 e. The van der Waals surface area contributed by atoms with Crippen molar-refractivity contribution < 1.29 is 14.3 Å². The summed E-state index contributed by atoms with van der Waals surface area (Å²) < 4.78 is 11.0. The summed E-state index contributed by atoms with van der Waals surface area (Å²) in [7, 11) is 0. The molecule has 0 aliphatic rings. The molecule has 0 aromatic heterocycles. The highest BCUT2D eigenvalue weighted by Gasteiger charge is 1.99. The third-order valence-electron chi connectivity index (χ3n) is 3.06. The average Bonchev–Trinajstić information content (AvgIpc) is 2.53. The molecule has 2 aromatic rings. The lowest BCUT2D eigenvalue weighted by molar-refractivity contribution is -0.119. The van der Waals surface area contributed by atoms with Crippen molar-refractivity contribution in [1.82, 2.24) is 5.32 Å². The summed E-state index contributed by atoms with van der Waals surface area (Å²) in [5.41, 5.74) is 0.647. The Labute approximate surface area is 129 Å². The van der Waals surface area contributed by atoms with Crippen molar-refractivity contribution in [3.63, 3.8) is 0 Å². The molecule has 0 spiro atoms. The van der Waals surface area contributed by atoms with E-state index in [1.54, 1.807) is 6.07 Å². The lowest BCUT2D eigenvalue weighted by Crippen LogP contribution is -2.25. The van der Waals surface area contributed by atoms with Gasteiger partial charge in [-0.25, -0.2) is 0 Å². The number of fused-ring (bicyclic) bond motifs is 1. The molecule has 0 saturated carbocycles. The molecule has 1 N–H and O–H groups in total. The summed E-state index contributed by atoms with van der Waals surface area (Å²) >= 11 is 0. The van der Waals surface area contributed by atoms with Crippen LogP contribution in [0, 0.1) is 11.3 Å². The van der Waals surface area contributed by atoms with Crippen molar-refractivity contribution >= 4 is 16.7 Å². The normalized spacial score (nSPS) is 10.2. The quantitative estimate of drug-likeness (QED) is 0.796. The standard InChI is InChI=1S/C17H18N2O3/c1-13(20)19-6-7-21-8-9-22-17-5-4-15-10-14(12-18)2-3-16(15)11-17/h2-5,10-11H,6-9H2,1H3,(H,19,20). The summed E-state index contributed by atoms with van der Waals surface area (Å²) in [5.74, 6) is 0.707. The van der Waals surface area contributed by atoms with Gasteiger partial charge in [0.25, 0.3) is 0 Å². The number of rotatable bonds is 7. The van der Waals surface area contributed by atoms with Crippen molar-refractivity contribution in [3.8, 4) is 11.8 Å². The largest absolute Gasteiger partial charge is 0.491 e. The Morgan fingerprint density at radius 1 is 1.14 bits per heavy atom.